The normalized spacial score (nSPS) is 10.6. The highest BCUT2D eigenvalue weighted by molar-refractivity contribution is 5.70. The van der Waals surface area contributed by atoms with Crippen molar-refractivity contribution in [3.05, 3.63) is 108 Å². The van der Waals surface area contributed by atoms with Crippen LogP contribution >= 0.6 is 0 Å². The minimum Gasteiger partial charge on any atom is -0.497 e. The quantitative estimate of drug-likeness (QED) is 0.418. The zero-order valence-corrected chi connectivity index (χ0v) is 18.0. The fourth-order valence-corrected chi connectivity index (χ4v) is 2.57. The zero-order valence-electron chi connectivity index (χ0n) is 18.0. The molecule has 0 aliphatic heterocycles. The van der Waals surface area contributed by atoms with Gasteiger partial charge in [-0.1, -0.05) is 36.4 Å². The fourth-order valence-electron chi connectivity index (χ4n) is 2.57. The number of nitrogens with zero attached hydrogens (tertiary/aromatic N) is 4. The minimum atomic E-state index is 0.808. The van der Waals surface area contributed by atoms with Crippen LogP contribution in [0.25, 0.3) is 24.3 Å². The minimum absolute atomic E-state index is 0.808. The van der Waals surface area contributed by atoms with Gasteiger partial charge in [-0.05, 0) is 47.5 Å². The van der Waals surface area contributed by atoms with Gasteiger partial charge in [0.25, 0.3) is 0 Å². The van der Waals surface area contributed by atoms with Crippen LogP contribution in [0, 0.1) is 0 Å². The van der Waals surface area contributed by atoms with Crippen molar-refractivity contribution >= 4 is 24.3 Å². The molecule has 160 valence electrons. The molecule has 0 atom stereocenters. The molecule has 4 rings (SSSR count). The summed E-state index contributed by atoms with van der Waals surface area (Å²) in [5, 5.41) is 0. The lowest BCUT2D eigenvalue weighted by atomic mass is 10.2. The largest absolute Gasteiger partial charge is 0.497 e. The van der Waals surface area contributed by atoms with Gasteiger partial charge in [-0.3, -0.25) is 19.9 Å². The molecule has 0 saturated heterocycles. The second kappa shape index (κ2) is 12.4. The predicted molar refractivity (Wildman–Crippen MR) is 128 cm³/mol. The van der Waals surface area contributed by atoms with Gasteiger partial charge in [0.15, 0.2) is 0 Å². The topological polar surface area (TPSA) is 70.0 Å². The van der Waals surface area contributed by atoms with E-state index in [1.165, 1.54) is 0 Å². The van der Waals surface area contributed by atoms with Gasteiger partial charge in [-0.15, -0.1) is 0 Å². The van der Waals surface area contributed by atoms with Gasteiger partial charge < -0.3 is 9.47 Å². The molecule has 0 unspecified atom stereocenters. The molecular weight excluding hydrogens is 400 g/mol. The summed E-state index contributed by atoms with van der Waals surface area (Å²) in [6.07, 6.45) is 17.9. The molecule has 2 heterocycles. The Hall–Kier alpha value is -4.32. The van der Waals surface area contributed by atoms with Crippen molar-refractivity contribution in [3.8, 4) is 11.5 Å². The Kier molecular flexibility index (Phi) is 8.66. The first-order valence-corrected chi connectivity index (χ1v) is 9.93. The molecular formula is C26H24N4O2. The van der Waals surface area contributed by atoms with E-state index in [-0.39, 0.29) is 0 Å². The lowest BCUT2D eigenvalue weighted by Crippen LogP contribution is -1.87. The maximum absolute atomic E-state index is 5.15. The smallest absolute Gasteiger partial charge is 0.118 e. The van der Waals surface area contributed by atoms with E-state index in [0.29, 0.717) is 0 Å². The Morgan fingerprint density at radius 2 is 0.906 bits per heavy atom. The number of ether oxygens (including phenoxy) is 2. The van der Waals surface area contributed by atoms with E-state index >= 15 is 0 Å². The molecule has 2 aromatic carbocycles. The average Bonchev–Trinajstić information content (AvgIpc) is 2.89. The molecule has 0 N–H and O–H groups in total. The molecule has 0 radical (unpaired) electrons. The van der Waals surface area contributed by atoms with Crippen molar-refractivity contribution < 1.29 is 9.47 Å². The van der Waals surface area contributed by atoms with Gasteiger partial charge in [-0.2, -0.15) is 0 Å². The first-order chi connectivity index (χ1) is 15.8. The Morgan fingerprint density at radius 3 is 1.19 bits per heavy atom. The number of rotatable bonds is 6. The maximum atomic E-state index is 5.15. The summed E-state index contributed by atoms with van der Waals surface area (Å²) in [4.78, 5) is 16.3. The van der Waals surface area contributed by atoms with Gasteiger partial charge in [0, 0.05) is 24.8 Å². The van der Waals surface area contributed by atoms with Gasteiger partial charge in [0.1, 0.15) is 11.5 Å². The molecule has 6 heteroatoms. The van der Waals surface area contributed by atoms with Crippen LogP contribution in [0.15, 0.2) is 85.7 Å². The first-order valence-electron chi connectivity index (χ1n) is 9.93. The highest BCUT2D eigenvalue weighted by atomic mass is 16.5. The van der Waals surface area contributed by atoms with E-state index < -0.39 is 0 Å². The van der Waals surface area contributed by atoms with Crippen molar-refractivity contribution in [1.82, 2.24) is 19.9 Å². The van der Waals surface area contributed by atoms with Crippen LogP contribution in [0.3, 0.4) is 0 Å². The van der Waals surface area contributed by atoms with Crippen molar-refractivity contribution in [3.63, 3.8) is 0 Å². The molecule has 0 spiro atoms. The molecule has 32 heavy (non-hydrogen) atoms. The van der Waals surface area contributed by atoms with Crippen LogP contribution in [0.4, 0.5) is 0 Å². The van der Waals surface area contributed by atoms with E-state index in [9.17, 15) is 0 Å². The summed E-state index contributed by atoms with van der Waals surface area (Å²) in [7, 11) is 3.32. The van der Waals surface area contributed by atoms with Crippen molar-refractivity contribution in [2.45, 2.75) is 0 Å². The summed E-state index contributed by atoms with van der Waals surface area (Å²) < 4.78 is 10.3. The van der Waals surface area contributed by atoms with Crippen LogP contribution in [-0.2, 0) is 0 Å². The highest BCUT2D eigenvalue weighted by Gasteiger charge is 1.95. The van der Waals surface area contributed by atoms with Crippen molar-refractivity contribution in [1.29, 1.82) is 0 Å². The lowest BCUT2D eigenvalue weighted by molar-refractivity contribution is 0.414. The molecule has 0 fully saturated rings. The van der Waals surface area contributed by atoms with Crippen LogP contribution in [0.1, 0.15) is 22.5 Å². The monoisotopic (exact) mass is 424 g/mol. The molecule has 0 saturated carbocycles. The molecule has 0 aliphatic rings. The van der Waals surface area contributed by atoms with Gasteiger partial charge in [0.05, 0.1) is 38.0 Å². The summed E-state index contributed by atoms with van der Waals surface area (Å²) in [5.74, 6) is 1.69. The predicted octanol–water partition coefficient (Wildman–Crippen LogP) is 5.31. The molecule has 0 amide bonds. The Morgan fingerprint density at radius 1 is 0.531 bits per heavy atom. The molecule has 0 bridgehead atoms. The van der Waals surface area contributed by atoms with Gasteiger partial charge >= 0.3 is 0 Å². The van der Waals surface area contributed by atoms with Crippen LogP contribution < -0.4 is 9.47 Å². The van der Waals surface area contributed by atoms with Crippen molar-refractivity contribution in [2.24, 2.45) is 0 Å². The molecule has 0 aliphatic carbocycles. The summed E-state index contributed by atoms with van der Waals surface area (Å²) >= 11 is 0. The third-order valence-corrected chi connectivity index (χ3v) is 4.29. The Bertz CT molecular complexity index is 1010. The van der Waals surface area contributed by atoms with Gasteiger partial charge in [-0.25, -0.2) is 0 Å². The molecule has 2 aromatic heterocycles. The fraction of sp³-hybridized carbons (Fsp3) is 0.0769. The number of hydrogen-bond donors (Lipinski definition) is 0. The van der Waals surface area contributed by atoms with Crippen LogP contribution in [-0.4, -0.2) is 34.2 Å². The summed E-state index contributed by atoms with van der Waals surface area (Å²) in [6.45, 7) is 0. The highest BCUT2D eigenvalue weighted by Crippen LogP contribution is 2.15. The Balaban J connectivity index is 0.000000416. The second-order valence-corrected chi connectivity index (χ2v) is 6.47. The van der Waals surface area contributed by atoms with E-state index in [0.717, 1.165) is 34.0 Å². The van der Waals surface area contributed by atoms with Crippen LogP contribution in [0.5, 0.6) is 11.5 Å². The number of methoxy groups -OCH3 is 2. The van der Waals surface area contributed by atoms with E-state index in [2.05, 4.69) is 19.9 Å². The zero-order chi connectivity index (χ0) is 22.4. The number of benzene rings is 2. The number of aromatic nitrogens is 4. The first kappa shape index (κ1) is 22.4. The Labute approximate surface area is 188 Å². The third-order valence-electron chi connectivity index (χ3n) is 4.29. The van der Waals surface area contributed by atoms with E-state index in [1.807, 2.05) is 72.8 Å². The third kappa shape index (κ3) is 7.50. The molecule has 6 nitrogen and oxygen atoms in total. The molecule has 4 aromatic rings. The second-order valence-electron chi connectivity index (χ2n) is 6.47. The number of hydrogen-bond acceptors (Lipinski definition) is 6. The van der Waals surface area contributed by atoms with Crippen molar-refractivity contribution in [2.75, 3.05) is 14.2 Å². The SMILES string of the molecule is COc1ccc(C=Cc2cnc(C=Cc3ccc(OC)cc3)cn2)cc1.c1cnccn1. The lowest BCUT2D eigenvalue weighted by Gasteiger charge is -2.00. The standard InChI is InChI=1S/C22H20N2O2.C4H4N2/c1-25-21-11-5-17(6-12-21)3-9-19-15-24-20(16-23-19)10-4-18-7-13-22(26-2)14-8-18;1-2-6-4-3-5-1/h3-16H,1-2H3;1-4H. The van der Waals surface area contributed by atoms with Gasteiger partial charge in [0.2, 0.25) is 0 Å². The maximum Gasteiger partial charge on any atom is 0.118 e. The van der Waals surface area contributed by atoms with Crippen LogP contribution in [0.2, 0.25) is 0 Å². The average molecular weight is 425 g/mol. The summed E-state index contributed by atoms with van der Waals surface area (Å²) in [5.41, 5.74) is 3.77. The summed E-state index contributed by atoms with van der Waals surface area (Å²) in [6, 6.07) is 15.7. The van der Waals surface area contributed by atoms with E-state index in [1.54, 1.807) is 51.4 Å². The van der Waals surface area contributed by atoms with E-state index in [4.69, 9.17) is 9.47 Å².